The van der Waals surface area contributed by atoms with Crippen molar-refractivity contribution in [1.29, 1.82) is 0 Å². The summed E-state index contributed by atoms with van der Waals surface area (Å²) in [5.41, 5.74) is 3.59. The van der Waals surface area contributed by atoms with Crippen LogP contribution in [0.3, 0.4) is 0 Å². The van der Waals surface area contributed by atoms with Crippen LogP contribution in [0.5, 0.6) is 0 Å². The summed E-state index contributed by atoms with van der Waals surface area (Å²) in [4.78, 5) is 26.8. The van der Waals surface area contributed by atoms with Crippen molar-refractivity contribution in [3.05, 3.63) is 53.1 Å². The van der Waals surface area contributed by atoms with Crippen LogP contribution in [0.4, 0.5) is 17.1 Å². The number of thioether (sulfide) groups is 1. The van der Waals surface area contributed by atoms with Crippen molar-refractivity contribution in [3.8, 4) is 0 Å². The highest BCUT2D eigenvalue weighted by molar-refractivity contribution is 8.00. The zero-order valence-electron chi connectivity index (χ0n) is 16.5. The van der Waals surface area contributed by atoms with Crippen LogP contribution in [0.2, 0.25) is 5.02 Å². The number of hydrogen-bond acceptors (Lipinski definition) is 4. The summed E-state index contributed by atoms with van der Waals surface area (Å²) in [7, 11) is 0. The van der Waals surface area contributed by atoms with Gasteiger partial charge in [-0.15, -0.1) is 11.8 Å². The number of benzene rings is 2. The third kappa shape index (κ3) is 6.68. The number of carbonyl (C=O) groups excluding carboxylic acids is 2. The Labute approximate surface area is 181 Å². The van der Waals surface area contributed by atoms with Gasteiger partial charge >= 0.3 is 0 Å². The van der Waals surface area contributed by atoms with E-state index >= 15 is 0 Å². The van der Waals surface area contributed by atoms with E-state index in [1.165, 1.54) is 18.2 Å². The largest absolute Gasteiger partial charge is 0.370 e. The fourth-order valence-electron chi connectivity index (χ4n) is 3.36. The number of piperidine rings is 1. The smallest absolute Gasteiger partial charge is 0.234 e. The molecule has 0 bridgehead atoms. The quantitative estimate of drug-likeness (QED) is 0.651. The first-order valence-electron chi connectivity index (χ1n) is 9.80. The molecule has 0 spiro atoms. The van der Waals surface area contributed by atoms with Gasteiger partial charge in [-0.2, -0.15) is 0 Å². The van der Waals surface area contributed by atoms with Crippen LogP contribution in [0.1, 0.15) is 24.8 Å². The van der Waals surface area contributed by atoms with E-state index in [-0.39, 0.29) is 23.3 Å². The van der Waals surface area contributed by atoms with Crippen LogP contribution in [0.15, 0.2) is 42.5 Å². The molecule has 2 N–H and O–H groups in total. The van der Waals surface area contributed by atoms with Crippen LogP contribution < -0.4 is 15.5 Å². The van der Waals surface area contributed by atoms with Crippen LogP contribution >= 0.6 is 23.4 Å². The van der Waals surface area contributed by atoms with Crippen molar-refractivity contribution in [3.63, 3.8) is 0 Å². The van der Waals surface area contributed by atoms with Crippen molar-refractivity contribution in [2.75, 3.05) is 40.1 Å². The van der Waals surface area contributed by atoms with E-state index in [9.17, 15) is 9.59 Å². The van der Waals surface area contributed by atoms with Gasteiger partial charge in [-0.25, -0.2) is 0 Å². The van der Waals surface area contributed by atoms with Crippen LogP contribution in [-0.2, 0) is 9.59 Å². The van der Waals surface area contributed by atoms with E-state index in [0.717, 1.165) is 48.6 Å². The number of nitrogens with one attached hydrogen (secondary N) is 2. The molecule has 0 aliphatic carbocycles. The third-order valence-corrected chi connectivity index (χ3v) is 5.87. The molecule has 154 valence electrons. The summed E-state index contributed by atoms with van der Waals surface area (Å²) < 4.78 is 0. The van der Waals surface area contributed by atoms with E-state index < -0.39 is 0 Å². The molecule has 0 aromatic heterocycles. The molecule has 3 rings (SSSR count). The standard InChI is InChI=1S/C22H26ClN3O2S/c1-16-6-5-7-18(12-16)24-21(27)14-29-15-22(28)25-19-13-17(23)8-9-20(19)26-10-3-2-4-11-26/h5-9,12-13H,2-4,10-11,14-15H2,1H3,(H,24,27)(H,25,28). The molecule has 7 heteroatoms. The molecule has 1 aliphatic heterocycles. The maximum absolute atomic E-state index is 12.4. The number of amides is 2. The SMILES string of the molecule is Cc1cccc(NC(=O)CSCC(=O)Nc2cc(Cl)ccc2N2CCCCC2)c1. The molecule has 0 saturated carbocycles. The molecule has 1 fully saturated rings. The Bertz CT molecular complexity index is 869. The average molecular weight is 432 g/mol. The van der Waals surface area contributed by atoms with Gasteiger partial charge in [0.1, 0.15) is 0 Å². The Kier molecular flexibility index (Phi) is 7.83. The van der Waals surface area contributed by atoms with Crippen molar-refractivity contribution in [1.82, 2.24) is 0 Å². The van der Waals surface area contributed by atoms with Gasteiger partial charge in [0.15, 0.2) is 0 Å². The lowest BCUT2D eigenvalue weighted by Crippen LogP contribution is -2.30. The van der Waals surface area contributed by atoms with Gasteiger partial charge in [-0.3, -0.25) is 9.59 Å². The summed E-state index contributed by atoms with van der Waals surface area (Å²) >= 11 is 7.43. The average Bonchev–Trinajstić information content (AvgIpc) is 2.69. The molecular weight excluding hydrogens is 406 g/mol. The molecule has 5 nitrogen and oxygen atoms in total. The maximum atomic E-state index is 12.4. The third-order valence-electron chi connectivity index (χ3n) is 4.70. The fourth-order valence-corrected chi connectivity index (χ4v) is 4.15. The topological polar surface area (TPSA) is 61.4 Å². The summed E-state index contributed by atoms with van der Waals surface area (Å²) in [5, 5.41) is 6.40. The number of nitrogens with zero attached hydrogens (tertiary/aromatic N) is 1. The van der Waals surface area contributed by atoms with E-state index in [4.69, 9.17) is 11.6 Å². The fraction of sp³-hybridized carbons (Fsp3) is 0.364. The van der Waals surface area contributed by atoms with E-state index in [2.05, 4.69) is 15.5 Å². The molecule has 1 aliphatic rings. The first kappa shape index (κ1) is 21.5. The summed E-state index contributed by atoms with van der Waals surface area (Å²) in [6.07, 6.45) is 3.55. The predicted molar refractivity (Wildman–Crippen MR) is 123 cm³/mol. The number of halogens is 1. The van der Waals surface area contributed by atoms with Gasteiger partial charge < -0.3 is 15.5 Å². The molecule has 0 radical (unpaired) electrons. The Balaban J connectivity index is 1.50. The van der Waals surface area contributed by atoms with Gasteiger partial charge in [-0.1, -0.05) is 23.7 Å². The van der Waals surface area contributed by atoms with Crippen molar-refractivity contribution in [2.45, 2.75) is 26.2 Å². The van der Waals surface area contributed by atoms with Crippen LogP contribution in [-0.4, -0.2) is 36.4 Å². The van der Waals surface area contributed by atoms with E-state index in [1.54, 1.807) is 6.07 Å². The van der Waals surface area contributed by atoms with Crippen molar-refractivity contribution in [2.24, 2.45) is 0 Å². The van der Waals surface area contributed by atoms with Gasteiger partial charge in [0.25, 0.3) is 0 Å². The predicted octanol–water partition coefficient (Wildman–Crippen LogP) is 4.95. The van der Waals surface area contributed by atoms with Crippen molar-refractivity contribution < 1.29 is 9.59 Å². The maximum Gasteiger partial charge on any atom is 0.234 e. The molecule has 0 unspecified atom stereocenters. The van der Waals surface area contributed by atoms with Gasteiger partial charge in [-0.05, 0) is 62.1 Å². The zero-order chi connectivity index (χ0) is 20.6. The minimum Gasteiger partial charge on any atom is -0.370 e. The Morgan fingerprint density at radius 1 is 1.00 bits per heavy atom. The number of rotatable bonds is 7. The Morgan fingerprint density at radius 3 is 2.45 bits per heavy atom. The number of anilines is 3. The minimum absolute atomic E-state index is 0.120. The molecular formula is C22H26ClN3O2S. The number of carbonyl (C=O) groups is 2. The lowest BCUT2D eigenvalue weighted by atomic mass is 10.1. The van der Waals surface area contributed by atoms with Crippen LogP contribution in [0, 0.1) is 6.92 Å². The van der Waals surface area contributed by atoms with Gasteiger partial charge in [0.2, 0.25) is 11.8 Å². The van der Waals surface area contributed by atoms with E-state index in [0.29, 0.717) is 5.02 Å². The normalized spacial score (nSPS) is 13.8. The second-order valence-electron chi connectivity index (χ2n) is 7.17. The Hall–Kier alpha value is -2.18. The molecule has 29 heavy (non-hydrogen) atoms. The van der Waals surface area contributed by atoms with E-state index in [1.807, 2.05) is 43.3 Å². The lowest BCUT2D eigenvalue weighted by molar-refractivity contribution is -0.114. The summed E-state index contributed by atoms with van der Waals surface area (Å²) in [6, 6.07) is 13.2. The zero-order valence-corrected chi connectivity index (χ0v) is 18.1. The monoisotopic (exact) mass is 431 g/mol. The number of hydrogen-bond donors (Lipinski definition) is 2. The molecule has 2 aromatic carbocycles. The summed E-state index contributed by atoms with van der Waals surface area (Å²) in [5.74, 6) is 0.160. The van der Waals surface area contributed by atoms with Gasteiger partial charge in [0, 0.05) is 23.8 Å². The molecule has 0 atom stereocenters. The second-order valence-corrected chi connectivity index (χ2v) is 8.59. The first-order valence-corrected chi connectivity index (χ1v) is 11.3. The lowest BCUT2D eigenvalue weighted by Gasteiger charge is -2.30. The first-order chi connectivity index (χ1) is 14.0. The second kappa shape index (κ2) is 10.6. The summed E-state index contributed by atoms with van der Waals surface area (Å²) in [6.45, 7) is 3.94. The molecule has 2 aromatic rings. The highest BCUT2D eigenvalue weighted by Gasteiger charge is 2.16. The van der Waals surface area contributed by atoms with Crippen LogP contribution in [0.25, 0.3) is 0 Å². The number of aryl methyl sites for hydroxylation is 1. The molecule has 2 amide bonds. The highest BCUT2D eigenvalue weighted by atomic mass is 35.5. The molecule has 1 saturated heterocycles. The van der Waals surface area contributed by atoms with Crippen molar-refractivity contribution >= 4 is 52.2 Å². The molecule has 1 heterocycles. The highest BCUT2D eigenvalue weighted by Crippen LogP contribution is 2.31. The minimum atomic E-state index is -0.140. The van der Waals surface area contributed by atoms with Gasteiger partial charge in [0.05, 0.1) is 22.9 Å². The Morgan fingerprint density at radius 2 is 1.72 bits per heavy atom.